The van der Waals surface area contributed by atoms with E-state index in [1.165, 1.54) is 18.9 Å². The van der Waals surface area contributed by atoms with Gasteiger partial charge in [-0.25, -0.2) is 0 Å². The molecule has 0 saturated heterocycles. The Kier molecular flexibility index (Phi) is 4.77. The van der Waals surface area contributed by atoms with Crippen LogP contribution in [0.25, 0.3) is 0 Å². The Labute approximate surface area is 131 Å². The van der Waals surface area contributed by atoms with Crippen molar-refractivity contribution in [2.45, 2.75) is 52.5 Å². The summed E-state index contributed by atoms with van der Waals surface area (Å²) in [5, 5.41) is 14.8. The third-order valence-corrected chi connectivity index (χ3v) is 4.70. The molecule has 1 fully saturated rings. The molecule has 1 aromatic rings. The number of benzene rings is 1. The molecule has 116 valence electrons. The number of anilines is 1. The maximum Gasteiger partial charge on any atom is 0.293 e. The summed E-state index contributed by atoms with van der Waals surface area (Å²) in [6.07, 6.45) is 4.45. The predicted molar refractivity (Wildman–Crippen MR) is 86.9 cm³/mol. The summed E-state index contributed by atoms with van der Waals surface area (Å²) in [6, 6.07) is 5.11. The molecule has 0 atom stereocenters. The number of nitro benzene ring substituents is 1. The molecule has 0 unspecified atom stereocenters. The van der Waals surface area contributed by atoms with E-state index < -0.39 is 0 Å². The van der Waals surface area contributed by atoms with Gasteiger partial charge in [-0.15, -0.1) is 0 Å². The van der Waals surface area contributed by atoms with E-state index in [4.69, 9.17) is 11.6 Å². The van der Waals surface area contributed by atoms with Crippen LogP contribution in [-0.4, -0.2) is 11.0 Å². The van der Waals surface area contributed by atoms with E-state index in [0.29, 0.717) is 22.2 Å². The fraction of sp³-hybridized carbons (Fsp3) is 0.625. The fourth-order valence-electron chi connectivity index (χ4n) is 3.10. The predicted octanol–water partition coefficient (Wildman–Crippen LogP) is 5.27. The number of nitro groups is 1. The highest BCUT2D eigenvalue weighted by atomic mass is 35.5. The first-order chi connectivity index (χ1) is 9.77. The minimum atomic E-state index is -0.380. The molecule has 4 nitrogen and oxygen atoms in total. The molecule has 0 aliphatic heterocycles. The Hall–Kier alpha value is -1.29. The van der Waals surface area contributed by atoms with Gasteiger partial charge in [0.15, 0.2) is 0 Å². The van der Waals surface area contributed by atoms with Crippen LogP contribution in [0.4, 0.5) is 11.4 Å². The van der Waals surface area contributed by atoms with Crippen molar-refractivity contribution in [2.75, 3.05) is 5.32 Å². The zero-order valence-electron chi connectivity index (χ0n) is 12.9. The highest BCUT2D eigenvalue weighted by Crippen LogP contribution is 2.39. The van der Waals surface area contributed by atoms with Crippen LogP contribution in [0, 0.1) is 21.4 Å². The van der Waals surface area contributed by atoms with E-state index >= 15 is 0 Å². The van der Waals surface area contributed by atoms with Crippen molar-refractivity contribution < 1.29 is 4.92 Å². The molecule has 1 saturated carbocycles. The lowest BCUT2D eigenvalue weighted by Gasteiger charge is -2.37. The lowest BCUT2D eigenvalue weighted by molar-refractivity contribution is -0.384. The van der Waals surface area contributed by atoms with E-state index in [1.807, 2.05) is 0 Å². The molecule has 5 heteroatoms. The van der Waals surface area contributed by atoms with E-state index in [-0.39, 0.29) is 10.6 Å². The van der Waals surface area contributed by atoms with Crippen LogP contribution in [0.5, 0.6) is 0 Å². The van der Waals surface area contributed by atoms with Crippen molar-refractivity contribution in [1.82, 2.24) is 0 Å². The van der Waals surface area contributed by atoms with Crippen LogP contribution in [0.2, 0.25) is 5.02 Å². The van der Waals surface area contributed by atoms with Gasteiger partial charge in [0, 0.05) is 17.1 Å². The quantitative estimate of drug-likeness (QED) is 0.611. The molecule has 1 aliphatic rings. The van der Waals surface area contributed by atoms with Crippen molar-refractivity contribution in [1.29, 1.82) is 0 Å². The van der Waals surface area contributed by atoms with E-state index in [1.54, 1.807) is 12.1 Å². The molecule has 0 radical (unpaired) electrons. The van der Waals surface area contributed by atoms with Gasteiger partial charge in [-0.05, 0) is 49.1 Å². The maximum absolute atomic E-state index is 11.1. The SMILES string of the molecule is CC(C)(C)C1CCC(Nc2ccc(Cl)cc2[N+](=O)[O-])CC1. The topological polar surface area (TPSA) is 55.2 Å². The molecular weight excluding hydrogens is 288 g/mol. The van der Waals surface area contributed by atoms with Crippen molar-refractivity contribution in [3.8, 4) is 0 Å². The average Bonchev–Trinajstić information content (AvgIpc) is 2.40. The first kappa shape index (κ1) is 16.1. The van der Waals surface area contributed by atoms with Gasteiger partial charge in [0.05, 0.1) is 4.92 Å². The normalized spacial score (nSPS) is 22.9. The van der Waals surface area contributed by atoms with Gasteiger partial charge < -0.3 is 5.32 Å². The molecule has 1 aliphatic carbocycles. The zero-order valence-corrected chi connectivity index (χ0v) is 13.6. The number of halogens is 1. The fourth-order valence-corrected chi connectivity index (χ4v) is 3.27. The van der Waals surface area contributed by atoms with Crippen LogP contribution in [-0.2, 0) is 0 Å². The molecule has 0 spiro atoms. The van der Waals surface area contributed by atoms with Gasteiger partial charge in [-0.3, -0.25) is 10.1 Å². The maximum atomic E-state index is 11.1. The van der Waals surface area contributed by atoms with Crippen LogP contribution < -0.4 is 5.32 Å². The summed E-state index contributed by atoms with van der Waals surface area (Å²) >= 11 is 5.84. The summed E-state index contributed by atoms with van der Waals surface area (Å²) < 4.78 is 0. The van der Waals surface area contributed by atoms with Crippen molar-refractivity contribution in [3.05, 3.63) is 33.3 Å². The Bertz CT molecular complexity index is 517. The third kappa shape index (κ3) is 4.10. The lowest BCUT2D eigenvalue weighted by Crippen LogP contribution is -2.31. The number of rotatable bonds is 3. The number of nitrogens with zero attached hydrogens (tertiary/aromatic N) is 1. The number of hydrogen-bond acceptors (Lipinski definition) is 3. The molecule has 0 bridgehead atoms. The lowest BCUT2D eigenvalue weighted by atomic mass is 9.71. The highest BCUT2D eigenvalue weighted by molar-refractivity contribution is 6.30. The summed E-state index contributed by atoms with van der Waals surface area (Å²) in [4.78, 5) is 10.7. The zero-order chi connectivity index (χ0) is 15.6. The van der Waals surface area contributed by atoms with Gasteiger partial charge in [-0.2, -0.15) is 0 Å². The van der Waals surface area contributed by atoms with Crippen molar-refractivity contribution in [2.24, 2.45) is 11.3 Å². The second kappa shape index (κ2) is 6.22. The van der Waals surface area contributed by atoms with Crippen LogP contribution in [0.3, 0.4) is 0 Å². The standard InChI is InChI=1S/C16H23ClN2O2/c1-16(2,3)11-4-7-13(8-5-11)18-14-9-6-12(17)10-15(14)19(20)21/h6,9-11,13,18H,4-5,7-8H2,1-3H3. The molecule has 1 aromatic carbocycles. The first-order valence-electron chi connectivity index (χ1n) is 7.48. The van der Waals surface area contributed by atoms with E-state index in [9.17, 15) is 10.1 Å². The largest absolute Gasteiger partial charge is 0.377 e. The van der Waals surface area contributed by atoms with E-state index in [0.717, 1.165) is 18.8 Å². The first-order valence-corrected chi connectivity index (χ1v) is 7.85. The van der Waals surface area contributed by atoms with Gasteiger partial charge in [-0.1, -0.05) is 32.4 Å². The third-order valence-electron chi connectivity index (χ3n) is 4.47. The summed E-state index contributed by atoms with van der Waals surface area (Å²) in [5.74, 6) is 0.732. The van der Waals surface area contributed by atoms with Gasteiger partial charge in [0.25, 0.3) is 5.69 Å². The number of hydrogen-bond donors (Lipinski definition) is 1. The van der Waals surface area contributed by atoms with Gasteiger partial charge >= 0.3 is 0 Å². The minimum Gasteiger partial charge on any atom is -0.377 e. The molecule has 0 amide bonds. The summed E-state index contributed by atoms with van der Waals surface area (Å²) in [6.45, 7) is 6.86. The van der Waals surface area contributed by atoms with Crippen molar-refractivity contribution in [3.63, 3.8) is 0 Å². The Morgan fingerprint density at radius 3 is 2.38 bits per heavy atom. The smallest absolute Gasteiger partial charge is 0.293 e. The van der Waals surface area contributed by atoms with Gasteiger partial charge in [0.1, 0.15) is 5.69 Å². The second-order valence-corrected chi connectivity index (χ2v) is 7.41. The average molecular weight is 311 g/mol. The Balaban J connectivity index is 2.03. The van der Waals surface area contributed by atoms with Crippen molar-refractivity contribution >= 4 is 23.0 Å². The van der Waals surface area contributed by atoms with Crippen LogP contribution >= 0.6 is 11.6 Å². The monoisotopic (exact) mass is 310 g/mol. The molecular formula is C16H23ClN2O2. The minimum absolute atomic E-state index is 0.0560. The van der Waals surface area contributed by atoms with Crippen LogP contribution in [0.1, 0.15) is 46.5 Å². The molecule has 21 heavy (non-hydrogen) atoms. The van der Waals surface area contributed by atoms with Crippen LogP contribution in [0.15, 0.2) is 18.2 Å². The Morgan fingerprint density at radius 1 is 1.24 bits per heavy atom. The van der Waals surface area contributed by atoms with Gasteiger partial charge in [0.2, 0.25) is 0 Å². The summed E-state index contributed by atoms with van der Waals surface area (Å²) in [5.41, 5.74) is 0.973. The van der Waals surface area contributed by atoms with E-state index in [2.05, 4.69) is 26.1 Å². The molecule has 0 heterocycles. The molecule has 0 aromatic heterocycles. The highest BCUT2D eigenvalue weighted by Gasteiger charge is 2.30. The second-order valence-electron chi connectivity index (χ2n) is 6.98. The molecule has 2 rings (SSSR count). The number of nitrogens with one attached hydrogen (secondary N) is 1. The molecule has 1 N–H and O–H groups in total. The Morgan fingerprint density at radius 2 is 1.86 bits per heavy atom. The summed E-state index contributed by atoms with van der Waals surface area (Å²) in [7, 11) is 0.